The number of carbonyl (C=O) groups excluding carboxylic acids is 2. The standard InChI is InChI=1S/C25H25FN2O4/c1-13-12-19(27-32-13)28-21(15-6-9-16(26)10-7-15)20-22(29)18-11-8-14-4-2-3-5-17(14)23(18)31-24(20)25(28)30/h6-7,9-10,12,14,17-18,21,23H,2-5,8,11H2,1H3. The predicted octanol–water partition coefficient (Wildman–Crippen LogP) is 4.65. The topological polar surface area (TPSA) is 72.6 Å². The number of hydrogen-bond donors (Lipinski definition) is 0. The molecule has 5 unspecified atom stereocenters. The zero-order chi connectivity index (χ0) is 22.0. The number of hydrogen-bond acceptors (Lipinski definition) is 5. The summed E-state index contributed by atoms with van der Waals surface area (Å²) in [6.45, 7) is 1.75. The molecule has 1 aromatic carbocycles. The maximum atomic E-state index is 13.9. The van der Waals surface area contributed by atoms with Gasteiger partial charge in [0.15, 0.2) is 17.4 Å². The number of rotatable bonds is 2. The largest absolute Gasteiger partial charge is 0.483 e. The Balaban J connectivity index is 1.46. The summed E-state index contributed by atoms with van der Waals surface area (Å²) in [6, 6.07) is 6.87. The number of ketones is 1. The minimum atomic E-state index is -0.708. The van der Waals surface area contributed by atoms with Gasteiger partial charge in [0.1, 0.15) is 17.7 Å². The Hall–Kier alpha value is -2.96. The number of aromatic nitrogens is 1. The summed E-state index contributed by atoms with van der Waals surface area (Å²) in [5.41, 5.74) is 1.02. The number of benzene rings is 1. The first kappa shape index (κ1) is 19.7. The number of amides is 1. The van der Waals surface area contributed by atoms with Crippen LogP contribution in [0.25, 0.3) is 0 Å². The van der Waals surface area contributed by atoms with Crippen molar-refractivity contribution in [2.45, 2.75) is 57.6 Å². The van der Waals surface area contributed by atoms with Crippen molar-refractivity contribution in [3.05, 3.63) is 58.8 Å². The number of ether oxygens (including phenoxy) is 1. The average Bonchev–Trinajstić information content (AvgIpc) is 3.35. The smallest absolute Gasteiger partial charge is 0.295 e. The normalized spacial score (nSPS) is 31.8. The Labute approximate surface area is 185 Å². The molecule has 0 bridgehead atoms. The summed E-state index contributed by atoms with van der Waals surface area (Å²) in [6.07, 6.45) is 6.17. The summed E-state index contributed by atoms with van der Waals surface area (Å²) in [7, 11) is 0. The van der Waals surface area contributed by atoms with E-state index in [1.165, 1.54) is 29.9 Å². The molecule has 7 heteroatoms. The quantitative estimate of drug-likeness (QED) is 0.685. The molecule has 2 aliphatic carbocycles. The Bertz CT molecular complexity index is 1120. The minimum Gasteiger partial charge on any atom is -0.483 e. The summed E-state index contributed by atoms with van der Waals surface area (Å²) >= 11 is 0. The lowest BCUT2D eigenvalue weighted by Crippen LogP contribution is -2.48. The van der Waals surface area contributed by atoms with Crippen LogP contribution in [0.3, 0.4) is 0 Å². The van der Waals surface area contributed by atoms with E-state index in [0.29, 0.717) is 34.6 Å². The lowest BCUT2D eigenvalue weighted by molar-refractivity contribution is -0.139. The highest BCUT2D eigenvalue weighted by atomic mass is 19.1. The second-order valence-electron chi connectivity index (χ2n) is 9.51. The van der Waals surface area contributed by atoms with Crippen molar-refractivity contribution in [2.75, 3.05) is 4.90 Å². The first-order valence-corrected chi connectivity index (χ1v) is 11.5. The lowest BCUT2D eigenvalue weighted by atomic mass is 9.63. The van der Waals surface area contributed by atoms with E-state index in [4.69, 9.17) is 9.26 Å². The third-order valence-corrected chi connectivity index (χ3v) is 7.73. The molecule has 6 rings (SSSR count). The van der Waals surface area contributed by atoms with Crippen LogP contribution in [-0.2, 0) is 14.3 Å². The molecule has 32 heavy (non-hydrogen) atoms. The maximum Gasteiger partial charge on any atom is 0.295 e. The molecule has 3 heterocycles. The van der Waals surface area contributed by atoms with Gasteiger partial charge in [-0.1, -0.05) is 36.6 Å². The highest BCUT2D eigenvalue weighted by molar-refractivity contribution is 6.17. The van der Waals surface area contributed by atoms with Crippen LogP contribution in [0.2, 0.25) is 0 Å². The molecule has 0 radical (unpaired) electrons. The predicted molar refractivity (Wildman–Crippen MR) is 113 cm³/mol. The van der Waals surface area contributed by atoms with Crippen molar-refractivity contribution < 1.29 is 23.2 Å². The average molecular weight is 436 g/mol. The molecular weight excluding hydrogens is 411 g/mol. The monoisotopic (exact) mass is 436 g/mol. The van der Waals surface area contributed by atoms with Crippen molar-refractivity contribution in [1.82, 2.24) is 5.16 Å². The molecule has 5 atom stereocenters. The fourth-order valence-electron chi connectivity index (χ4n) is 6.29. The zero-order valence-corrected chi connectivity index (χ0v) is 17.9. The molecule has 1 amide bonds. The molecule has 166 valence electrons. The number of carbonyl (C=O) groups is 2. The van der Waals surface area contributed by atoms with E-state index in [1.54, 1.807) is 25.1 Å². The van der Waals surface area contributed by atoms with Crippen LogP contribution < -0.4 is 4.90 Å². The first-order valence-electron chi connectivity index (χ1n) is 11.5. The second kappa shape index (κ2) is 7.29. The van der Waals surface area contributed by atoms with Crippen molar-refractivity contribution in [3.8, 4) is 0 Å². The molecule has 2 fully saturated rings. The van der Waals surface area contributed by atoms with Gasteiger partial charge in [-0.3, -0.25) is 14.5 Å². The third kappa shape index (κ3) is 2.86. The molecule has 0 spiro atoms. The van der Waals surface area contributed by atoms with Gasteiger partial charge in [-0.25, -0.2) is 4.39 Å². The van der Waals surface area contributed by atoms with Crippen molar-refractivity contribution in [2.24, 2.45) is 17.8 Å². The van der Waals surface area contributed by atoms with Crippen LogP contribution in [0.15, 0.2) is 46.2 Å². The highest BCUT2D eigenvalue weighted by Gasteiger charge is 2.56. The number of aryl methyl sites for hydroxylation is 1. The number of nitrogens with zero attached hydrogens (tertiary/aromatic N) is 2. The Kier molecular flexibility index (Phi) is 4.49. The van der Waals surface area contributed by atoms with Crippen LogP contribution in [-0.4, -0.2) is 23.0 Å². The van der Waals surface area contributed by atoms with E-state index >= 15 is 0 Å². The molecule has 0 saturated heterocycles. The van der Waals surface area contributed by atoms with E-state index in [2.05, 4.69) is 5.16 Å². The van der Waals surface area contributed by atoms with Crippen LogP contribution in [0.4, 0.5) is 10.2 Å². The molecule has 2 aliphatic heterocycles. The number of fused-ring (bicyclic) bond motifs is 3. The van der Waals surface area contributed by atoms with Crippen LogP contribution in [0.1, 0.15) is 55.9 Å². The van der Waals surface area contributed by atoms with Crippen molar-refractivity contribution in [1.29, 1.82) is 0 Å². The SMILES string of the molecule is Cc1cc(N2C(=O)C3=C(C(=O)C4CCC5CCCCC5C4O3)C2c2ccc(F)cc2)no1. The first-order chi connectivity index (χ1) is 15.5. The van der Waals surface area contributed by atoms with Gasteiger partial charge in [-0.2, -0.15) is 0 Å². The van der Waals surface area contributed by atoms with Crippen LogP contribution in [0, 0.1) is 30.5 Å². The van der Waals surface area contributed by atoms with Gasteiger partial charge in [0.2, 0.25) is 0 Å². The van der Waals surface area contributed by atoms with Gasteiger partial charge in [-0.05, 0) is 55.7 Å². The Morgan fingerprint density at radius 3 is 2.59 bits per heavy atom. The Morgan fingerprint density at radius 1 is 1.06 bits per heavy atom. The third-order valence-electron chi connectivity index (χ3n) is 7.73. The second-order valence-corrected chi connectivity index (χ2v) is 9.51. The molecule has 2 saturated carbocycles. The van der Waals surface area contributed by atoms with Gasteiger partial charge in [-0.15, -0.1) is 0 Å². The number of anilines is 1. The summed E-state index contributed by atoms with van der Waals surface area (Å²) in [4.78, 5) is 28.9. The fraction of sp³-hybridized carbons (Fsp3) is 0.480. The van der Waals surface area contributed by atoms with E-state index in [0.717, 1.165) is 25.7 Å². The molecule has 1 aromatic heterocycles. The lowest BCUT2D eigenvalue weighted by Gasteiger charge is -2.46. The van der Waals surface area contributed by atoms with E-state index in [-0.39, 0.29) is 35.3 Å². The van der Waals surface area contributed by atoms with Gasteiger partial charge in [0.05, 0.1) is 17.5 Å². The number of Topliss-reactive ketones (excluding diaryl/α,β-unsaturated/α-hetero) is 1. The fourth-order valence-corrected chi connectivity index (χ4v) is 6.29. The minimum absolute atomic E-state index is 0.00864. The van der Waals surface area contributed by atoms with Gasteiger partial charge in [0, 0.05) is 6.07 Å². The summed E-state index contributed by atoms with van der Waals surface area (Å²) in [5, 5.41) is 4.04. The number of halogens is 1. The molecule has 0 N–H and O–H groups in total. The molecular formula is C25H25FN2O4. The zero-order valence-electron chi connectivity index (χ0n) is 17.9. The van der Waals surface area contributed by atoms with E-state index < -0.39 is 6.04 Å². The molecule has 4 aliphatic rings. The van der Waals surface area contributed by atoms with Crippen LogP contribution >= 0.6 is 0 Å². The molecule has 6 nitrogen and oxygen atoms in total. The van der Waals surface area contributed by atoms with Crippen molar-refractivity contribution >= 4 is 17.5 Å². The summed E-state index contributed by atoms with van der Waals surface area (Å²) in [5.74, 6) is 0.906. The highest BCUT2D eigenvalue weighted by Crippen LogP contribution is 2.52. The van der Waals surface area contributed by atoms with E-state index in [9.17, 15) is 14.0 Å². The van der Waals surface area contributed by atoms with Crippen molar-refractivity contribution in [3.63, 3.8) is 0 Å². The van der Waals surface area contributed by atoms with Gasteiger partial charge in [0.25, 0.3) is 5.91 Å². The molecule has 2 aromatic rings. The van der Waals surface area contributed by atoms with E-state index in [1.807, 2.05) is 0 Å². The van der Waals surface area contributed by atoms with Crippen LogP contribution in [0.5, 0.6) is 0 Å². The van der Waals surface area contributed by atoms with Gasteiger partial charge < -0.3 is 9.26 Å². The Morgan fingerprint density at radius 2 is 1.84 bits per heavy atom. The van der Waals surface area contributed by atoms with Gasteiger partial charge >= 0.3 is 0 Å². The maximum absolute atomic E-state index is 13.9. The summed E-state index contributed by atoms with van der Waals surface area (Å²) < 4.78 is 25.3.